The smallest absolute Gasteiger partial charge is 0.348 e. The van der Waals surface area contributed by atoms with Gasteiger partial charge < -0.3 is 19.5 Å². The van der Waals surface area contributed by atoms with E-state index in [9.17, 15) is 19.2 Å². The number of nitrogens with one attached hydrogen (secondary N) is 1. The van der Waals surface area contributed by atoms with E-state index < -0.39 is 17.9 Å². The Morgan fingerprint density at radius 3 is 2.36 bits per heavy atom. The first-order valence-electron chi connectivity index (χ1n) is 10.1. The number of ether oxygens (including phenoxy) is 3. The summed E-state index contributed by atoms with van der Waals surface area (Å²) in [6, 6.07) is 0.235. The summed E-state index contributed by atoms with van der Waals surface area (Å²) >= 11 is 0.852. The third-order valence-electron chi connectivity index (χ3n) is 5.30. The SMILES string of the molecule is COC(=O)Cc1c(C(=O)OC)sc(NC(=O)CN2CCC(n3cncn3)CC2)c1C(=O)OC. The Kier molecular flexibility index (Phi) is 8.11. The standard InChI is InChI=1S/C20H25N5O7S/c1-30-15(27)8-13-16(19(28)31-2)18(33-17(13)20(29)32-3)23-14(26)9-24-6-4-12(5-7-24)25-11-21-10-22-25/h10-12H,4-9H2,1-3H3,(H,23,26). The van der Waals surface area contributed by atoms with E-state index in [4.69, 9.17) is 9.47 Å². The Morgan fingerprint density at radius 2 is 1.79 bits per heavy atom. The first kappa shape index (κ1) is 24.3. The molecule has 0 saturated carbocycles. The molecule has 0 aliphatic carbocycles. The third-order valence-corrected chi connectivity index (χ3v) is 6.43. The van der Waals surface area contributed by atoms with Gasteiger partial charge in [-0.3, -0.25) is 14.5 Å². The zero-order valence-electron chi connectivity index (χ0n) is 18.5. The molecular weight excluding hydrogens is 454 g/mol. The van der Waals surface area contributed by atoms with Gasteiger partial charge in [-0.25, -0.2) is 19.3 Å². The van der Waals surface area contributed by atoms with Crippen molar-refractivity contribution in [3.63, 3.8) is 0 Å². The summed E-state index contributed by atoms with van der Waals surface area (Å²) in [7, 11) is 3.55. The molecule has 33 heavy (non-hydrogen) atoms. The molecular formula is C20H25N5O7S. The van der Waals surface area contributed by atoms with Crippen LogP contribution in [0.5, 0.6) is 0 Å². The number of amides is 1. The molecule has 1 saturated heterocycles. The van der Waals surface area contributed by atoms with E-state index in [1.807, 2.05) is 9.58 Å². The van der Waals surface area contributed by atoms with Crippen molar-refractivity contribution in [3.05, 3.63) is 28.7 Å². The lowest BCUT2D eigenvalue weighted by molar-refractivity contribution is -0.139. The lowest BCUT2D eigenvalue weighted by atomic mass is 10.1. The molecule has 0 bridgehead atoms. The summed E-state index contributed by atoms with van der Waals surface area (Å²) in [5.41, 5.74) is 0.0287. The number of aromatic nitrogens is 3. The minimum absolute atomic E-state index is 0.0206. The van der Waals surface area contributed by atoms with Gasteiger partial charge in [-0.1, -0.05) is 0 Å². The highest BCUT2D eigenvalue weighted by Crippen LogP contribution is 2.35. The maximum absolute atomic E-state index is 12.8. The molecule has 0 atom stereocenters. The van der Waals surface area contributed by atoms with E-state index in [1.165, 1.54) is 27.7 Å². The average Bonchev–Trinajstić information content (AvgIpc) is 3.47. The number of hydrogen-bond acceptors (Lipinski definition) is 11. The molecule has 0 unspecified atom stereocenters. The van der Waals surface area contributed by atoms with E-state index in [0.29, 0.717) is 13.1 Å². The third kappa shape index (κ3) is 5.73. The normalized spacial score (nSPS) is 14.5. The molecule has 0 radical (unpaired) electrons. The van der Waals surface area contributed by atoms with E-state index in [-0.39, 0.29) is 45.9 Å². The van der Waals surface area contributed by atoms with Gasteiger partial charge in [0, 0.05) is 18.7 Å². The highest BCUT2D eigenvalue weighted by molar-refractivity contribution is 7.18. The second kappa shape index (κ2) is 11.0. The van der Waals surface area contributed by atoms with Crippen molar-refractivity contribution < 1.29 is 33.4 Å². The van der Waals surface area contributed by atoms with Crippen LogP contribution in [0, 0.1) is 0 Å². The zero-order chi connectivity index (χ0) is 24.0. The van der Waals surface area contributed by atoms with Crippen LogP contribution >= 0.6 is 11.3 Å². The number of piperidine rings is 1. The highest BCUT2D eigenvalue weighted by atomic mass is 32.1. The van der Waals surface area contributed by atoms with Crippen molar-refractivity contribution >= 4 is 40.2 Å². The number of anilines is 1. The van der Waals surface area contributed by atoms with Crippen molar-refractivity contribution in [3.8, 4) is 0 Å². The van der Waals surface area contributed by atoms with Gasteiger partial charge in [-0.15, -0.1) is 11.3 Å². The van der Waals surface area contributed by atoms with Gasteiger partial charge in [0.05, 0.1) is 45.9 Å². The molecule has 1 aliphatic rings. The van der Waals surface area contributed by atoms with Crippen LogP contribution in [0.1, 0.15) is 44.5 Å². The molecule has 178 valence electrons. The fourth-order valence-electron chi connectivity index (χ4n) is 3.63. The topological polar surface area (TPSA) is 142 Å². The maximum Gasteiger partial charge on any atom is 0.348 e. The average molecular weight is 480 g/mol. The summed E-state index contributed by atoms with van der Waals surface area (Å²) < 4.78 is 16.1. The summed E-state index contributed by atoms with van der Waals surface area (Å²) in [5.74, 6) is -2.54. The molecule has 1 amide bonds. The fourth-order valence-corrected chi connectivity index (χ4v) is 4.77. The number of likely N-dealkylation sites (tertiary alicyclic amines) is 1. The molecule has 1 aliphatic heterocycles. The van der Waals surface area contributed by atoms with Crippen LogP contribution in [0.4, 0.5) is 5.00 Å². The molecule has 0 spiro atoms. The lowest BCUT2D eigenvalue weighted by Gasteiger charge is -2.31. The van der Waals surface area contributed by atoms with Crippen LogP contribution in [0.25, 0.3) is 0 Å². The first-order chi connectivity index (χ1) is 15.9. The van der Waals surface area contributed by atoms with Crippen LogP contribution < -0.4 is 5.32 Å². The van der Waals surface area contributed by atoms with E-state index in [1.54, 1.807) is 6.33 Å². The van der Waals surface area contributed by atoms with Crippen LogP contribution in [0.15, 0.2) is 12.7 Å². The molecule has 1 N–H and O–H groups in total. The van der Waals surface area contributed by atoms with Crippen LogP contribution in [-0.2, 0) is 30.2 Å². The highest BCUT2D eigenvalue weighted by Gasteiger charge is 2.31. The maximum atomic E-state index is 12.8. The number of carbonyl (C=O) groups excluding carboxylic acids is 4. The van der Waals surface area contributed by atoms with Gasteiger partial charge in [0.15, 0.2) is 0 Å². The number of nitrogens with zero attached hydrogens (tertiary/aromatic N) is 4. The zero-order valence-corrected chi connectivity index (χ0v) is 19.3. The molecule has 1 fully saturated rings. The fraction of sp³-hybridized carbons (Fsp3) is 0.500. The van der Waals surface area contributed by atoms with Gasteiger partial charge in [-0.05, 0) is 12.8 Å². The first-order valence-corrected chi connectivity index (χ1v) is 10.9. The van der Waals surface area contributed by atoms with Crippen molar-refractivity contribution in [1.29, 1.82) is 0 Å². The van der Waals surface area contributed by atoms with E-state index in [2.05, 4.69) is 20.1 Å². The van der Waals surface area contributed by atoms with Crippen molar-refractivity contribution in [1.82, 2.24) is 19.7 Å². The van der Waals surface area contributed by atoms with E-state index >= 15 is 0 Å². The Balaban J connectivity index is 1.74. The van der Waals surface area contributed by atoms with Crippen molar-refractivity contribution in [2.45, 2.75) is 25.3 Å². The Hall–Kier alpha value is -3.32. The van der Waals surface area contributed by atoms with Crippen LogP contribution in [0.2, 0.25) is 0 Å². The molecule has 3 heterocycles. The Bertz CT molecular complexity index is 1010. The predicted molar refractivity (Wildman–Crippen MR) is 116 cm³/mol. The summed E-state index contributed by atoms with van der Waals surface area (Å²) in [5, 5.41) is 6.98. The van der Waals surface area contributed by atoms with E-state index in [0.717, 1.165) is 24.2 Å². The molecule has 2 aromatic heterocycles. The molecule has 13 heteroatoms. The number of thiophene rings is 1. The second-order valence-electron chi connectivity index (χ2n) is 7.28. The van der Waals surface area contributed by atoms with Gasteiger partial charge in [0.1, 0.15) is 22.5 Å². The summed E-state index contributed by atoms with van der Waals surface area (Å²) in [6.45, 7) is 1.48. The Morgan fingerprint density at radius 1 is 1.09 bits per heavy atom. The lowest BCUT2D eigenvalue weighted by Crippen LogP contribution is -2.39. The minimum Gasteiger partial charge on any atom is -0.469 e. The monoisotopic (exact) mass is 479 g/mol. The van der Waals surface area contributed by atoms with Gasteiger partial charge in [0.2, 0.25) is 5.91 Å². The van der Waals surface area contributed by atoms with Gasteiger partial charge in [0.25, 0.3) is 0 Å². The van der Waals surface area contributed by atoms with Crippen LogP contribution in [0.3, 0.4) is 0 Å². The summed E-state index contributed by atoms with van der Waals surface area (Å²) in [4.78, 5) is 55.4. The Labute approximate surface area is 193 Å². The predicted octanol–water partition coefficient (Wildman–Crippen LogP) is 0.904. The number of rotatable bonds is 8. The van der Waals surface area contributed by atoms with Gasteiger partial charge in [-0.2, -0.15) is 5.10 Å². The van der Waals surface area contributed by atoms with Crippen LogP contribution in [-0.4, -0.2) is 84.4 Å². The molecule has 3 rings (SSSR count). The van der Waals surface area contributed by atoms with Gasteiger partial charge >= 0.3 is 17.9 Å². The van der Waals surface area contributed by atoms with Crippen molar-refractivity contribution in [2.24, 2.45) is 0 Å². The number of esters is 3. The minimum atomic E-state index is -0.788. The second-order valence-corrected chi connectivity index (χ2v) is 8.30. The van der Waals surface area contributed by atoms with Crippen molar-refractivity contribution in [2.75, 3.05) is 46.3 Å². The summed E-state index contributed by atoms with van der Waals surface area (Å²) in [6.07, 6.45) is 4.46. The number of carbonyl (C=O) groups is 4. The molecule has 2 aromatic rings. The molecule has 0 aromatic carbocycles. The quantitative estimate of drug-likeness (QED) is 0.429. The number of hydrogen-bond donors (Lipinski definition) is 1. The largest absolute Gasteiger partial charge is 0.469 e. The number of methoxy groups -OCH3 is 3. The molecule has 12 nitrogen and oxygen atoms in total.